The zero-order chi connectivity index (χ0) is 22.9. The van der Waals surface area contributed by atoms with Gasteiger partial charge in [0, 0.05) is 0 Å². The standard InChI is InChI=1S/C33H54/c1-3-5-6-7-8-9-27-10-12-28(13-11-27)14-15-29-18-21-33-25-32(23-22-31(33)24-29)30-19-16-26(4-2)17-20-30/h16-17,19-20,27-29,31-33H,3-15,18,21-25H2,1-2H3. The summed E-state index contributed by atoms with van der Waals surface area (Å²) in [5, 5.41) is 0. The molecule has 186 valence electrons. The van der Waals surface area contributed by atoms with Crippen LogP contribution in [0.2, 0.25) is 0 Å². The molecule has 0 amide bonds. The zero-order valence-corrected chi connectivity index (χ0v) is 22.2. The average molecular weight is 451 g/mol. The first-order valence-corrected chi connectivity index (χ1v) is 15.3. The Labute approximate surface area is 206 Å². The molecule has 3 aliphatic rings. The van der Waals surface area contributed by atoms with E-state index in [1.54, 1.807) is 50.5 Å². The van der Waals surface area contributed by atoms with Crippen LogP contribution in [0.5, 0.6) is 0 Å². The van der Waals surface area contributed by atoms with Crippen molar-refractivity contribution in [1.29, 1.82) is 0 Å². The second-order valence-electron chi connectivity index (χ2n) is 12.5. The highest BCUT2D eigenvalue weighted by Crippen LogP contribution is 2.49. The topological polar surface area (TPSA) is 0 Å². The van der Waals surface area contributed by atoms with Gasteiger partial charge >= 0.3 is 0 Å². The summed E-state index contributed by atoms with van der Waals surface area (Å²) in [7, 11) is 0. The van der Waals surface area contributed by atoms with E-state index in [0.29, 0.717) is 0 Å². The Bertz CT molecular complexity index is 649. The minimum atomic E-state index is 0.843. The largest absolute Gasteiger partial charge is 0.0654 e. The predicted molar refractivity (Wildman–Crippen MR) is 145 cm³/mol. The summed E-state index contributed by atoms with van der Waals surface area (Å²) in [6.07, 6.45) is 28.4. The normalized spacial score (nSPS) is 32.4. The van der Waals surface area contributed by atoms with E-state index in [1.807, 2.05) is 0 Å². The van der Waals surface area contributed by atoms with E-state index in [1.165, 1.54) is 76.2 Å². The third kappa shape index (κ3) is 7.60. The van der Waals surface area contributed by atoms with Gasteiger partial charge in [-0.15, -0.1) is 0 Å². The van der Waals surface area contributed by atoms with E-state index in [-0.39, 0.29) is 0 Å². The molecule has 0 aliphatic heterocycles. The molecule has 0 heteroatoms. The van der Waals surface area contributed by atoms with Gasteiger partial charge in [-0.1, -0.05) is 122 Å². The fourth-order valence-corrected chi connectivity index (χ4v) is 7.89. The van der Waals surface area contributed by atoms with Gasteiger partial charge in [-0.25, -0.2) is 0 Å². The Morgan fingerprint density at radius 2 is 1.18 bits per heavy atom. The Morgan fingerprint density at radius 3 is 1.91 bits per heavy atom. The van der Waals surface area contributed by atoms with Gasteiger partial charge in [0.05, 0.1) is 0 Å². The first-order chi connectivity index (χ1) is 16.2. The fraction of sp³-hybridized carbons (Fsp3) is 0.818. The molecule has 4 atom stereocenters. The molecule has 4 unspecified atom stereocenters. The molecule has 0 radical (unpaired) electrons. The monoisotopic (exact) mass is 450 g/mol. The van der Waals surface area contributed by atoms with Gasteiger partial charge in [-0.2, -0.15) is 0 Å². The van der Waals surface area contributed by atoms with Crippen LogP contribution in [0.25, 0.3) is 0 Å². The molecule has 0 bridgehead atoms. The Kier molecular flexibility index (Phi) is 10.2. The van der Waals surface area contributed by atoms with Gasteiger partial charge in [-0.05, 0) is 85.2 Å². The lowest BCUT2D eigenvalue weighted by Gasteiger charge is -2.43. The van der Waals surface area contributed by atoms with Crippen molar-refractivity contribution < 1.29 is 0 Å². The van der Waals surface area contributed by atoms with Crippen LogP contribution < -0.4 is 0 Å². The van der Waals surface area contributed by atoms with Crippen LogP contribution in [-0.4, -0.2) is 0 Å². The van der Waals surface area contributed by atoms with Gasteiger partial charge in [-0.3, -0.25) is 0 Å². The molecule has 3 saturated carbocycles. The first kappa shape index (κ1) is 25.3. The number of hydrogen-bond donors (Lipinski definition) is 0. The molecule has 3 fully saturated rings. The van der Waals surface area contributed by atoms with Crippen molar-refractivity contribution in [3.63, 3.8) is 0 Å². The summed E-state index contributed by atoms with van der Waals surface area (Å²) in [6, 6.07) is 9.63. The fourth-order valence-electron chi connectivity index (χ4n) is 7.89. The molecule has 1 aromatic carbocycles. The van der Waals surface area contributed by atoms with Crippen molar-refractivity contribution in [3.8, 4) is 0 Å². The highest BCUT2D eigenvalue weighted by atomic mass is 14.4. The Balaban J connectivity index is 1.11. The number of hydrogen-bond acceptors (Lipinski definition) is 0. The maximum Gasteiger partial charge on any atom is -0.0159 e. The minimum Gasteiger partial charge on any atom is -0.0654 e. The molecular weight excluding hydrogens is 396 g/mol. The summed E-state index contributed by atoms with van der Waals surface area (Å²) < 4.78 is 0. The molecule has 0 nitrogen and oxygen atoms in total. The maximum absolute atomic E-state index is 2.44. The average Bonchev–Trinajstić information content (AvgIpc) is 2.87. The molecule has 0 spiro atoms. The molecular formula is C33H54. The maximum atomic E-state index is 2.44. The molecule has 0 heterocycles. The summed E-state index contributed by atoms with van der Waals surface area (Å²) in [4.78, 5) is 0. The zero-order valence-electron chi connectivity index (χ0n) is 22.2. The van der Waals surface area contributed by atoms with Crippen molar-refractivity contribution >= 4 is 0 Å². The van der Waals surface area contributed by atoms with Crippen LogP contribution in [0.3, 0.4) is 0 Å². The summed E-state index contributed by atoms with van der Waals surface area (Å²) in [5.74, 6) is 6.13. The number of rotatable bonds is 11. The first-order valence-electron chi connectivity index (χ1n) is 15.3. The van der Waals surface area contributed by atoms with E-state index < -0.39 is 0 Å². The van der Waals surface area contributed by atoms with Crippen LogP contribution in [-0.2, 0) is 6.42 Å². The van der Waals surface area contributed by atoms with Crippen LogP contribution in [0.1, 0.15) is 146 Å². The number of benzene rings is 1. The highest BCUT2D eigenvalue weighted by molar-refractivity contribution is 5.26. The number of aryl methyl sites for hydroxylation is 1. The Hall–Kier alpha value is -0.780. The lowest BCUT2D eigenvalue weighted by Crippen LogP contribution is -2.30. The SMILES string of the molecule is CCCCCCCC1CCC(CCC2CCC3CC(c4ccc(CC)cc4)CCC3C2)CC1. The lowest BCUT2D eigenvalue weighted by molar-refractivity contribution is 0.108. The van der Waals surface area contributed by atoms with Crippen molar-refractivity contribution in [3.05, 3.63) is 35.4 Å². The van der Waals surface area contributed by atoms with E-state index in [0.717, 1.165) is 41.9 Å². The molecule has 0 aromatic heterocycles. The molecule has 4 rings (SSSR count). The second-order valence-corrected chi connectivity index (χ2v) is 12.5. The van der Waals surface area contributed by atoms with E-state index >= 15 is 0 Å². The van der Waals surface area contributed by atoms with Gasteiger partial charge in [0.1, 0.15) is 0 Å². The summed E-state index contributed by atoms with van der Waals surface area (Å²) in [5.41, 5.74) is 3.12. The molecule has 3 aliphatic carbocycles. The summed E-state index contributed by atoms with van der Waals surface area (Å²) >= 11 is 0. The number of unbranched alkanes of at least 4 members (excludes halogenated alkanes) is 4. The van der Waals surface area contributed by atoms with E-state index in [2.05, 4.69) is 38.1 Å². The van der Waals surface area contributed by atoms with Gasteiger partial charge in [0.2, 0.25) is 0 Å². The van der Waals surface area contributed by atoms with Crippen molar-refractivity contribution in [2.24, 2.45) is 29.6 Å². The molecule has 33 heavy (non-hydrogen) atoms. The molecule has 1 aromatic rings. The third-order valence-electron chi connectivity index (χ3n) is 10.2. The lowest BCUT2D eigenvalue weighted by atomic mass is 9.63. The van der Waals surface area contributed by atoms with Crippen LogP contribution >= 0.6 is 0 Å². The van der Waals surface area contributed by atoms with Crippen LogP contribution in [0.15, 0.2) is 24.3 Å². The third-order valence-corrected chi connectivity index (χ3v) is 10.2. The van der Waals surface area contributed by atoms with Gasteiger partial charge in [0.25, 0.3) is 0 Å². The molecule has 0 N–H and O–H groups in total. The smallest absolute Gasteiger partial charge is 0.0159 e. The van der Waals surface area contributed by atoms with Gasteiger partial charge in [0.15, 0.2) is 0 Å². The molecule has 0 saturated heterocycles. The quantitative estimate of drug-likeness (QED) is 0.294. The van der Waals surface area contributed by atoms with E-state index in [4.69, 9.17) is 0 Å². The predicted octanol–water partition coefficient (Wildman–Crippen LogP) is 10.5. The van der Waals surface area contributed by atoms with E-state index in [9.17, 15) is 0 Å². The Morgan fingerprint density at radius 1 is 0.576 bits per heavy atom. The van der Waals surface area contributed by atoms with Crippen molar-refractivity contribution in [2.75, 3.05) is 0 Å². The van der Waals surface area contributed by atoms with Crippen LogP contribution in [0.4, 0.5) is 0 Å². The summed E-state index contributed by atoms with van der Waals surface area (Å²) in [6.45, 7) is 4.59. The van der Waals surface area contributed by atoms with Gasteiger partial charge < -0.3 is 0 Å². The van der Waals surface area contributed by atoms with Crippen molar-refractivity contribution in [2.45, 2.75) is 142 Å². The highest BCUT2D eigenvalue weighted by Gasteiger charge is 2.36. The minimum absolute atomic E-state index is 0.843. The van der Waals surface area contributed by atoms with Crippen LogP contribution in [0, 0.1) is 29.6 Å². The second kappa shape index (κ2) is 13.3. The van der Waals surface area contributed by atoms with Crippen molar-refractivity contribution in [1.82, 2.24) is 0 Å². The number of fused-ring (bicyclic) bond motifs is 1.